The SMILES string of the molecule is CCCC(C)C(Nc1cccc(C)c1)C(=O)OCC. The molecule has 0 spiro atoms. The van der Waals surface area contributed by atoms with E-state index in [9.17, 15) is 4.79 Å². The fraction of sp³-hybridized carbons (Fsp3) is 0.562. The molecule has 0 radical (unpaired) electrons. The first-order chi connectivity index (χ1) is 9.08. The summed E-state index contributed by atoms with van der Waals surface area (Å²) in [6.07, 6.45) is 2.06. The molecular formula is C16H25NO2. The van der Waals surface area contributed by atoms with E-state index in [1.54, 1.807) is 0 Å². The summed E-state index contributed by atoms with van der Waals surface area (Å²) in [6.45, 7) is 8.52. The predicted molar refractivity (Wildman–Crippen MR) is 79.3 cm³/mol. The zero-order valence-corrected chi connectivity index (χ0v) is 12.4. The van der Waals surface area contributed by atoms with E-state index in [1.165, 1.54) is 5.56 Å². The lowest BCUT2D eigenvalue weighted by Gasteiger charge is -2.24. The first-order valence-corrected chi connectivity index (χ1v) is 7.08. The Balaban J connectivity index is 2.81. The maximum absolute atomic E-state index is 12.1. The summed E-state index contributed by atoms with van der Waals surface area (Å²) in [4.78, 5) is 12.1. The molecule has 1 rings (SSSR count). The van der Waals surface area contributed by atoms with E-state index >= 15 is 0 Å². The second kappa shape index (κ2) is 7.82. The van der Waals surface area contributed by atoms with Crippen molar-refractivity contribution in [1.29, 1.82) is 0 Å². The Kier molecular flexibility index (Phi) is 6.40. The summed E-state index contributed by atoms with van der Waals surface area (Å²) in [7, 11) is 0. The van der Waals surface area contributed by atoms with Crippen LogP contribution in [0.15, 0.2) is 24.3 Å². The third-order valence-electron chi connectivity index (χ3n) is 3.19. The van der Waals surface area contributed by atoms with Crippen LogP contribution < -0.4 is 5.32 Å². The van der Waals surface area contributed by atoms with Gasteiger partial charge in [-0.05, 0) is 43.9 Å². The molecule has 0 saturated heterocycles. The minimum Gasteiger partial charge on any atom is -0.464 e. The average Bonchev–Trinajstić information content (AvgIpc) is 2.36. The minimum absolute atomic E-state index is 0.162. The lowest BCUT2D eigenvalue weighted by molar-refractivity contribution is -0.145. The number of esters is 1. The molecule has 0 bridgehead atoms. The number of hydrogen-bond acceptors (Lipinski definition) is 3. The molecule has 19 heavy (non-hydrogen) atoms. The summed E-state index contributed by atoms with van der Waals surface area (Å²) >= 11 is 0. The molecule has 0 aromatic heterocycles. The van der Waals surface area contributed by atoms with Gasteiger partial charge in [0.25, 0.3) is 0 Å². The maximum atomic E-state index is 12.1. The van der Waals surface area contributed by atoms with Crippen LogP contribution in [-0.2, 0) is 9.53 Å². The highest BCUT2D eigenvalue weighted by Gasteiger charge is 2.25. The normalized spacial score (nSPS) is 13.7. The van der Waals surface area contributed by atoms with Crippen molar-refractivity contribution >= 4 is 11.7 Å². The molecule has 0 saturated carbocycles. The van der Waals surface area contributed by atoms with Gasteiger partial charge in [0.15, 0.2) is 0 Å². The molecule has 0 fully saturated rings. The Morgan fingerprint density at radius 3 is 2.68 bits per heavy atom. The smallest absolute Gasteiger partial charge is 0.328 e. The van der Waals surface area contributed by atoms with Gasteiger partial charge in [-0.15, -0.1) is 0 Å². The molecule has 0 aliphatic carbocycles. The van der Waals surface area contributed by atoms with Gasteiger partial charge >= 0.3 is 5.97 Å². The van der Waals surface area contributed by atoms with Crippen molar-refractivity contribution in [3.63, 3.8) is 0 Å². The molecule has 0 aliphatic heterocycles. The van der Waals surface area contributed by atoms with E-state index < -0.39 is 0 Å². The predicted octanol–water partition coefficient (Wildman–Crippen LogP) is 3.77. The van der Waals surface area contributed by atoms with Crippen LogP contribution in [0.3, 0.4) is 0 Å². The van der Waals surface area contributed by atoms with Crippen LogP contribution in [0.4, 0.5) is 5.69 Å². The molecule has 0 amide bonds. The molecule has 1 aromatic rings. The molecule has 1 aromatic carbocycles. The van der Waals surface area contributed by atoms with Crippen LogP contribution in [0, 0.1) is 12.8 Å². The Labute approximate surface area is 116 Å². The van der Waals surface area contributed by atoms with Gasteiger partial charge in [-0.25, -0.2) is 4.79 Å². The first-order valence-electron chi connectivity index (χ1n) is 7.08. The average molecular weight is 263 g/mol. The molecule has 2 atom stereocenters. The Morgan fingerprint density at radius 1 is 1.37 bits per heavy atom. The largest absolute Gasteiger partial charge is 0.464 e. The van der Waals surface area contributed by atoms with E-state index in [-0.39, 0.29) is 17.9 Å². The van der Waals surface area contributed by atoms with Crippen molar-refractivity contribution in [2.24, 2.45) is 5.92 Å². The van der Waals surface area contributed by atoms with Crippen LogP contribution in [0.1, 0.15) is 39.2 Å². The van der Waals surface area contributed by atoms with Crippen LogP contribution in [0.5, 0.6) is 0 Å². The molecule has 0 heterocycles. The summed E-state index contributed by atoms with van der Waals surface area (Å²) in [6, 6.07) is 7.79. The number of benzene rings is 1. The molecule has 3 heteroatoms. The van der Waals surface area contributed by atoms with Gasteiger partial charge in [0.1, 0.15) is 6.04 Å². The number of carbonyl (C=O) groups excluding carboxylic acids is 1. The van der Waals surface area contributed by atoms with Gasteiger partial charge in [-0.1, -0.05) is 32.4 Å². The molecule has 2 unspecified atom stereocenters. The standard InChI is InChI=1S/C16H25NO2/c1-5-8-13(4)15(16(18)19-6-2)17-14-10-7-9-12(3)11-14/h7,9-11,13,15,17H,5-6,8H2,1-4H3. The Bertz CT molecular complexity index is 403. The minimum atomic E-state index is -0.276. The second-order valence-corrected chi connectivity index (χ2v) is 5.01. The number of hydrogen-bond donors (Lipinski definition) is 1. The van der Waals surface area contributed by atoms with Crippen molar-refractivity contribution in [3.05, 3.63) is 29.8 Å². The second-order valence-electron chi connectivity index (χ2n) is 5.01. The van der Waals surface area contributed by atoms with Crippen LogP contribution in [-0.4, -0.2) is 18.6 Å². The van der Waals surface area contributed by atoms with Gasteiger partial charge in [0, 0.05) is 5.69 Å². The van der Waals surface area contributed by atoms with Crippen LogP contribution in [0.25, 0.3) is 0 Å². The fourth-order valence-corrected chi connectivity index (χ4v) is 2.20. The number of aryl methyl sites for hydroxylation is 1. The lowest BCUT2D eigenvalue weighted by atomic mass is 9.96. The molecule has 1 N–H and O–H groups in total. The third kappa shape index (κ3) is 4.93. The van der Waals surface area contributed by atoms with E-state index in [0.717, 1.165) is 18.5 Å². The number of carbonyl (C=O) groups is 1. The topological polar surface area (TPSA) is 38.3 Å². The van der Waals surface area contributed by atoms with Gasteiger partial charge in [0.05, 0.1) is 6.61 Å². The Morgan fingerprint density at radius 2 is 2.11 bits per heavy atom. The number of nitrogens with one attached hydrogen (secondary N) is 1. The summed E-state index contributed by atoms with van der Waals surface area (Å²) in [5.74, 6) is 0.0921. The molecule has 3 nitrogen and oxygen atoms in total. The number of anilines is 1. The van der Waals surface area contributed by atoms with Crippen molar-refractivity contribution in [2.45, 2.75) is 46.6 Å². The van der Waals surface area contributed by atoms with Crippen molar-refractivity contribution in [2.75, 3.05) is 11.9 Å². The van der Waals surface area contributed by atoms with Gasteiger partial charge in [0.2, 0.25) is 0 Å². The van der Waals surface area contributed by atoms with Crippen molar-refractivity contribution in [1.82, 2.24) is 0 Å². The number of ether oxygens (including phenoxy) is 1. The van der Waals surface area contributed by atoms with E-state index in [4.69, 9.17) is 4.74 Å². The zero-order chi connectivity index (χ0) is 14.3. The van der Waals surface area contributed by atoms with E-state index in [0.29, 0.717) is 6.61 Å². The quantitative estimate of drug-likeness (QED) is 0.761. The summed E-state index contributed by atoms with van der Waals surface area (Å²) in [5, 5.41) is 3.31. The van der Waals surface area contributed by atoms with E-state index in [1.807, 2.05) is 38.1 Å². The first kappa shape index (κ1) is 15.5. The molecular weight excluding hydrogens is 238 g/mol. The highest BCUT2D eigenvalue weighted by Crippen LogP contribution is 2.18. The van der Waals surface area contributed by atoms with Gasteiger partial charge in [-0.2, -0.15) is 0 Å². The third-order valence-corrected chi connectivity index (χ3v) is 3.19. The van der Waals surface area contributed by atoms with Crippen LogP contribution >= 0.6 is 0 Å². The monoisotopic (exact) mass is 263 g/mol. The zero-order valence-electron chi connectivity index (χ0n) is 12.4. The molecule has 106 valence electrons. The van der Waals surface area contributed by atoms with Crippen LogP contribution in [0.2, 0.25) is 0 Å². The summed E-state index contributed by atoms with van der Waals surface area (Å²) < 4.78 is 5.17. The van der Waals surface area contributed by atoms with Crippen molar-refractivity contribution in [3.8, 4) is 0 Å². The highest BCUT2D eigenvalue weighted by atomic mass is 16.5. The summed E-state index contributed by atoms with van der Waals surface area (Å²) in [5.41, 5.74) is 2.15. The number of rotatable bonds is 7. The Hall–Kier alpha value is -1.51. The molecule has 0 aliphatic rings. The van der Waals surface area contributed by atoms with Gasteiger partial charge < -0.3 is 10.1 Å². The van der Waals surface area contributed by atoms with Crippen molar-refractivity contribution < 1.29 is 9.53 Å². The van der Waals surface area contributed by atoms with Gasteiger partial charge in [-0.3, -0.25) is 0 Å². The maximum Gasteiger partial charge on any atom is 0.328 e. The highest BCUT2D eigenvalue weighted by molar-refractivity contribution is 5.79. The lowest BCUT2D eigenvalue weighted by Crippen LogP contribution is -2.37. The fourth-order valence-electron chi connectivity index (χ4n) is 2.20. The van der Waals surface area contributed by atoms with E-state index in [2.05, 4.69) is 19.2 Å².